The Hall–Kier alpha value is -1.19. The molecule has 1 atom stereocenters. The monoisotopic (exact) mass is 272 g/mol. The van der Waals surface area contributed by atoms with Crippen LogP contribution in [0.4, 0.5) is 0 Å². The van der Waals surface area contributed by atoms with Gasteiger partial charge in [-0.05, 0) is 32.4 Å². The molecule has 0 amide bonds. The third kappa shape index (κ3) is 2.11. The van der Waals surface area contributed by atoms with E-state index in [9.17, 15) is 0 Å². The zero-order chi connectivity index (χ0) is 13.3. The first-order valence-electron chi connectivity index (χ1n) is 6.95. The molecule has 0 radical (unpaired) electrons. The summed E-state index contributed by atoms with van der Waals surface area (Å²) in [5, 5.41) is 6.77. The molecule has 1 N–H and O–H groups in total. The predicted molar refractivity (Wildman–Crippen MR) is 80.7 cm³/mol. The molecule has 0 saturated heterocycles. The average Bonchev–Trinajstić information content (AvgIpc) is 2.88. The van der Waals surface area contributed by atoms with Crippen molar-refractivity contribution in [2.24, 2.45) is 0 Å². The first-order valence-corrected chi connectivity index (χ1v) is 7.83. The molecule has 1 saturated carbocycles. The molecule has 1 aliphatic rings. The molecule has 3 heteroatoms. The summed E-state index contributed by atoms with van der Waals surface area (Å²) in [5.74, 6) is 0. The summed E-state index contributed by atoms with van der Waals surface area (Å²) >= 11 is 1.82. The van der Waals surface area contributed by atoms with Gasteiger partial charge in [0.25, 0.3) is 0 Å². The van der Waals surface area contributed by atoms with Crippen molar-refractivity contribution >= 4 is 11.3 Å². The minimum Gasteiger partial charge on any atom is -0.312 e. The number of benzene rings is 1. The lowest BCUT2D eigenvalue weighted by Crippen LogP contribution is -2.35. The Labute approximate surface area is 118 Å². The second kappa shape index (κ2) is 5.06. The van der Waals surface area contributed by atoms with E-state index < -0.39 is 0 Å². The van der Waals surface area contributed by atoms with Gasteiger partial charge in [0.15, 0.2) is 0 Å². The normalized spacial score (nSPS) is 18.8. The predicted octanol–water partition coefficient (Wildman–Crippen LogP) is 3.89. The van der Waals surface area contributed by atoms with E-state index in [1.54, 1.807) is 0 Å². The van der Waals surface area contributed by atoms with E-state index in [4.69, 9.17) is 4.98 Å². The van der Waals surface area contributed by atoms with E-state index in [0.717, 1.165) is 0 Å². The summed E-state index contributed by atoms with van der Waals surface area (Å²) in [6.45, 7) is 2.16. The molecular weight excluding hydrogens is 252 g/mol. The van der Waals surface area contributed by atoms with Crippen molar-refractivity contribution in [1.29, 1.82) is 0 Å². The van der Waals surface area contributed by atoms with Crippen LogP contribution < -0.4 is 5.32 Å². The van der Waals surface area contributed by atoms with Crippen LogP contribution in [0.2, 0.25) is 0 Å². The maximum Gasteiger partial charge on any atom is 0.103 e. The molecule has 1 unspecified atom stereocenters. The van der Waals surface area contributed by atoms with Crippen molar-refractivity contribution in [2.75, 3.05) is 7.05 Å². The van der Waals surface area contributed by atoms with Gasteiger partial charge >= 0.3 is 0 Å². The van der Waals surface area contributed by atoms with Crippen LogP contribution in [0.15, 0.2) is 35.7 Å². The second-order valence-corrected chi connectivity index (χ2v) is 6.25. The number of hydrogen-bond donors (Lipinski definition) is 1. The van der Waals surface area contributed by atoms with Gasteiger partial charge in [-0.25, -0.2) is 4.98 Å². The fraction of sp³-hybridized carbons (Fsp3) is 0.438. The van der Waals surface area contributed by atoms with E-state index in [0.29, 0.717) is 6.04 Å². The zero-order valence-electron chi connectivity index (χ0n) is 11.5. The van der Waals surface area contributed by atoms with Crippen LogP contribution in [0.3, 0.4) is 0 Å². The highest BCUT2D eigenvalue weighted by Crippen LogP contribution is 2.49. The molecule has 1 fully saturated rings. The Morgan fingerprint density at radius 2 is 2.00 bits per heavy atom. The first-order chi connectivity index (χ1) is 9.26. The van der Waals surface area contributed by atoms with Gasteiger partial charge in [-0.3, -0.25) is 0 Å². The van der Waals surface area contributed by atoms with Crippen LogP contribution >= 0.6 is 11.3 Å². The van der Waals surface area contributed by atoms with Gasteiger partial charge in [0.05, 0.1) is 5.69 Å². The minimum absolute atomic E-state index is 0.192. The van der Waals surface area contributed by atoms with E-state index in [-0.39, 0.29) is 5.41 Å². The number of thiazole rings is 1. The molecule has 1 aromatic carbocycles. The van der Waals surface area contributed by atoms with Gasteiger partial charge in [-0.15, -0.1) is 11.3 Å². The second-order valence-electron chi connectivity index (χ2n) is 5.39. The largest absolute Gasteiger partial charge is 0.312 e. The molecule has 0 bridgehead atoms. The van der Waals surface area contributed by atoms with Gasteiger partial charge in [-0.1, -0.05) is 36.8 Å². The molecular formula is C16H20N2S. The third-order valence-electron chi connectivity index (χ3n) is 4.34. The third-order valence-corrected chi connectivity index (χ3v) is 5.41. The summed E-state index contributed by atoms with van der Waals surface area (Å²) in [6, 6.07) is 11.2. The van der Waals surface area contributed by atoms with E-state index in [1.165, 1.54) is 35.5 Å². The lowest BCUT2D eigenvalue weighted by molar-refractivity contribution is 0.299. The summed E-state index contributed by atoms with van der Waals surface area (Å²) in [6.07, 6.45) is 3.78. The maximum atomic E-state index is 4.91. The Balaban J connectivity index is 1.97. The van der Waals surface area contributed by atoms with Crippen molar-refractivity contribution in [3.63, 3.8) is 0 Å². The topological polar surface area (TPSA) is 24.9 Å². The Morgan fingerprint density at radius 1 is 1.26 bits per heavy atom. The molecule has 1 aliphatic carbocycles. The van der Waals surface area contributed by atoms with Crippen molar-refractivity contribution in [3.8, 4) is 0 Å². The number of aromatic nitrogens is 1. The SMILES string of the molecule is CNC(C)c1csc(C2(c3ccccc3)CCC2)n1. The summed E-state index contributed by atoms with van der Waals surface area (Å²) in [7, 11) is 1.99. The van der Waals surface area contributed by atoms with Crippen LogP contribution in [0, 0.1) is 0 Å². The Morgan fingerprint density at radius 3 is 2.58 bits per heavy atom. The lowest BCUT2D eigenvalue weighted by atomic mass is 9.65. The summed E-state index contributed by atoms with van der Waals surface area (Å²) in [4.78, 5) is 4.91. The van der Waals surface area contributed by atoms with Crippen LogP contribution in [0.25, 0.3) is 0 Å². The smallest absolute Gasteiger partial charge is 0.103 e. The highest BCUT2D eigenvalue weighted by Gasteiger charge is 2.42. The standard InChI is InChI=1S/C16H20N2S/c1-12(17-2)14-11-19-15(18-14)16(9-6-10-16)13-7-4-3-5-8-13/h3-5,7-8,11-12,17H,6,9-10H2,1-2H3. The average molecular weight is 272 g/mol. The fourth-order valence-corrected chi connectivity index (χ4v) is 3.96. The minimum atomic E-state index is 0.192. The number of nitrogens with zero attached hydrogens (tertiary/aromatic N) is 1. The molecule has 0 spiro atoms. The van der Waals surface area contributed by atoms with E-state index in [1.807, 2.05) is 18.4 Å². The molecule has 2 aromatic rings. The van der Waals surface area contributed by atoms with Crippen molar-refractivity contribution in [2.45, 2.75) is 37.6 Å². The highest BCUT2D eigenvalue weighted by molar-refractivity contribution is 7.09. The van der Waals surface area contributed by atoms with Gasteiger partial charge in [0.1, 0.15) is 5.01 Å². The van der Waals surface area contributed by atoms with Crippen LogP contribution in [0.5, 0.6) is 0 Å². The summed E-state index contributed by atoms with van der Waals surface area (Å²) in [5.41, 5.74) is 2.79. The quantitative estimate of drug-likeness (QED) is 0.913. The molecule has 1 heterocycles. The first kappa shape index (κ1) is 12.8. The van der Waals surface area contributed by atoms with Crippen LogP contribution in [-0.4, -0.2) is 12.0 Å². The van der Waals surface area contributed by atoms with E-state index in [2.05, 4.69) is 48.0 Å². The van der Waals surface area contributed by atoms with Gasteiger partial charge in [0.2, 0.25) is 0 Å². The molecule has 3 rings (SSSR count). The van der Waals surface area contributed by atoms with Crippen molar-refractivity contribution < 1.29 is 0 Å². The molecule has 2 nitrogen and oxygen atoms in total. The molecule has 100 valence electrons. The number of hydrogen-bond acceptors (Lipinski definition) is 3. The maximum absolute atomic E-state index is 4.91. The molecule has 19 heavy (non-hydrogen) atoms. The lowest BCUT2D eigenvalue weighted by Gasteiger charge is -2.40. The fourth-order valence-electron chi connectivity index (χ4n) is 2.77. The van der Waals surface area contributed by atoms with Crippen LogP contribution in [-0.2, 0) is 5.41 Å². The number of rotatable bonds is 4. The Bertz CT molecular complexity index is 543. The molecule has 1 aromatic heterocycles. The van der Waals surface area contributed by atoms with Gasteiger partial charge < -0.3 is 5.32 Å². The number of nitrogens with one attached hydrogen (secondary N) is 1. The van der Waals surface area contributed by atoms with Crippen molar-refractivity contribution in [1.82, 2.24) is 10.3 Å². The van der Waals surface area contributed by atoms with E-state index >= 15 is 0 Å². The van der Waals surface area contributed by atoms with Crippen molar-refractivity contribution in [3.05, 3.63) is 52.0 Å². The highest BCUT2D eigenvalue weighted by atomic mass is 32.1. The zero-order valence-corrected chi connectivity index (χ0v) is 12.3. The van der Waals surface area contributed by atoms with Crippen LogP contribution in [0.1, 0.15) is 48.5 Å². The van der Waals surface area contributed by atoms with Gasteiger partial charge in [-0.2, -0.15) is 0 Å². The Kier molecular flexibility index (Phi) is 3.42. The summed E-state index contributed by atoms with van der Waals surface area (Å²) < 4.78 is 0. The molecule has 0 aliphatic heterocycles. The van der Waals surface area contributed by atoms with Gasteiger partial charge in [0, 0.05) is 16.8 Å².